The third-order valence-corrected chi connectivity index (χ3v) is 5.12. The van der Waals surface area contributed by atoms with Crippen molar-refractivity contribution in [3.05, 3.63) is 95.6 Å². The van der Waals surface area contributed by atoms with Crippen molar-refractivity contribution in [3.8, 4) is 0 Å². The van der Waals surface area contributed by atoms with Gasteiger partial charge >= 0.3 is 0 Å². The zero-order valence-corrected chi connectivity index (χ0v) is 18.7. The van der Waals surface area contributed by atoms with Gasteiger partial charge in [-0.25, -0.2) is 0 Å². The van der Waals surface area contributed by atoms with Crippen LogP contribution in [0, 0.1) is 10.8 Å². The van der Waals surface area contributed by atoms with Crippen LogP contribution in [0.3, 0.4) is 0 Å². The van der Waals surface area contributed by atoms with Crippen molar-refractivity contribution < 1.29 is 9.47 Å². The van der Waals surface area contributed by atoms with Gasteiger partial charge in [0.05, 0.1) is 26.4 Å². The van der Waals surface area contributed by atoms with E-state index in [2.05, 4.69) is 77.1 Å². The van der Waals surface area contributed by atoms with Gasteiger partial charge in [-0.1, -0.05) is 112 Å². The Morgan fingerprint density at radius 3 is 1.76 bits per heavy atom. The Morgan fingerprint density at radius 2 is 1.24 bits per heavy atom. The zero-order chi connectivity index (χ0) is 21.2. The van der Waals surface area contributed by atoms with Gasteiger partial charge in [-0.05, 0) is 18.1 Å². The summed E-state index contributed by atoms with van der Waals surface area (Å²) in [7, 11) is 0. The first-order chi connectivity index (χ1) is 13.8. The summed E-state index contributed by atoms with van der Waals surface area (Å²) in [6, 6.07) is 20.6. The Balaban J connectivity index is 1.79. The van der Waals surface area contributed by atoms with Gasteiger partial charge in [-0.2, -0.15) is 0 Å². The Morgan fingerprint density at radius 1 is 0.759 bits per heavy atom. The number of allylic oxidation sites excluding steroid dienone is 2. The lowest BCUT2D eigenvalue weighted by molar-refractivity contribution is 0.0670. The molecule has 2 heteroatoms. The van der Waals surface area contributed by atoms with Crippen LogP contribution >= 0.6 is 0 Å². The maximum atomic E-state index is 5.96. The average molecular weight is 393 g/mol. The van der Waals surface area contributed by atoms with Crippen LogP contribution in [0.1, 0.15) is 45.7 Å². The van der Waals surface area contributed by atoms with Crippen LogP contribution in [0.25, 0.3) is 0 Å². The first kappa shape index (κ1) is 23.1. The third-order valence-electron chi connectivity index (χ3n) is 5.12. The molecule has 0 spiro atoms. The molecule has 2 rings (SSSR count). The molecule has 0 atom stereocenters. The highest BCUT2D eigenvalue weighted by Gasteiger charge is 2.20. The van der Waals surface area contributed by atoms with Gasteiger partial charge < -0.3 is 9.47 Å². The summed E-state index contributed by atoms with van der Waals surface area (Å²) in [4.78, 5) is 0. The fourth-order valence-corrected chi connectivity index (χ4v) is 2.84. The lowest BCUT2D eigenvalue weighted by Gasteiger charge is -2.26. The maximum Gasteiger partial charge on any atom is 0.0717 e. The molecule has 156 valence electrons. The molecule has 0 saturated carbocycles. The van der Waals surface area contributed by atoms with Crippen LogP contribution in [0.4, 0.5) is 0 Å². The van der Waals surface area contributed by atoms with E-state index in [1.807, 2.05) is 36.4 Å². The minimum absolute atomic E-state index is 0.00687. The molecule has 29 heavy (non-hydrogen) atoms. The minimum Gasteiger partial charge on any atom is -0.376 e. The second kappa shape index (κ2) is 11.1. The molecular weight excluding hydrogens is 356 g/mol. The van der Waals surface area contributed by atoms with Gasteiger partial charge in [0.25, 0.3) is 0 Å². The van der Waals surface area contributed by atoms with Gasteiger partial charge in [-0.3, -0.25) is 0 Å². The fourth-order valence-electron chi connectivity index (χ4n) is 2.84. The molecule has 0 heterocycles. The van der Waals surface area contributed by atoms with Crippen LogP contribution in [-0.2, 0) is 22.7 Å². The molecule has 0 radical (unpaired) electrons. The standard InChI is InChI=1S/C27H36O2/c1-23(27(4,5)22-29-20-25-16-10-7-11-17-25)13-12-18-26(2,3)21-28-19-24-14-8-6-9-15-24/h6-18H,19-22H2,1-5H3/b18-12+,23-13+. The van der Waals surface area contributed by atoms with Crippen LogP contribution in [0.2, 0.25) is 0 Å². The summed E-state index contributed by atoms with van der Waals surface area (Å²) < 4.78 is 11.9. The lowest BCUT2D eigenvalue weighted by Crippen LogP contribution is -2.20. The molecule has 0 aromatic heterocycles. The molecular formula is C27H36O2. The summed E-state index contributed by atoms with van der Waals surface area (Å²) in [5, 5.41) is 0. The smallest absolute Gasteiger partial charge is 0.0717 e. The highest BCUT2D eigenvalue weighted by Crippen LogP contribution is 2.27. The quantitative estimate of drug-likeness (QED) is 0.384. The minimum atomic E-state index is -0.0144. The van der Waals surface area contributed by atoms with Gasteiger partial charge in [0, 0.05) is 10.8 Å². The molecule has 2 aromatic rings. The summed E-state index contributed by atoms with van der Waals surface area (Å²) in [6.07, 6.45) is 6.58. The van der Waals surface area contributed by atoms with E-state index in [1.165, 1.54) is 16.7 Å². The Hall–Kier alpha value is -2.16. The highest BCUT2D eigenvalue weighted by molar-refractivity contribution is 5.19. The number of ether oxygens (including phenoxy) is 2. The summed E-state index contributed by atoms with van der Waals surface area (Å²) in [6.45, 7) is 13.7. The monoisotopic (exact) mass is 392 g/mol. The second-order valence-electron chi connectivity index (χ2n) is 9.04. The summed E-state index contributed by atoms with van der Waals surface area (Å²) >= 11 is 0. The zero-order valence-electron chi connectivity index (χ0n) is 18.7. The number of rotatable bonds is 11. The molecule has 0 fully saturated rings. The predicted molar refractivity (Wildman–Crippen MR) is 123 cm³/mol. The van der Waals surface area contributed by atoms with E-state index in [0.717, 1.165) is 0 Å². The van der Waals surface area contributed by atoms with Gasteiger partial charge in [0.15, 0.2) is 0 Å². The van der Waals surface area contributed by atoms with Gasteiger partial charge in [-0.15, -0.1) is 0 Å². The maximum absolute atomic E-state index is 5.96. The Labute approximate surface area is 177 Å². The van der Waals surface area contributed by atoms with Crippen LogP contribution < -0.4 is 0 Å². The largest absolute Gasteiger partial charge is 0.376 e. The molecule has 0 saturated heterocycles. The van der Waals surface area contributed by atoms with Crippen molar-refractivity contribution in [1.29, 1.82) is 0 Å². The van der Waals surface area contributed by atoms with E-state index >= 15 is 0 Å². The van der Waals surface area contributed by atoms with E-state index in [1.54, 1.807) is 0 Å². The van der Waals surface area contributed by atoms with Crippen molar-refractivity contribution in [2.75, 3.05) is 13.2 Å². The van der Waals surface area contributed by atoms with Gasteiger partial charge in [0.2, 0.25) is 0 Å². The molecule has 0 bridgehead atoms. The van der Waals surface area contributed by atoms with E-state index in [4.69, 9.17) is 9.47 Å². The first-order valence-corrected chi connectivity index (χ1v) is 10.4. The van der Waals surface area contributed by atoms with Crippen molar-refractivity contribution in [2.45, 2.75) is 47.8 Å². The van der Waals surface area contributed by atoms with E-state index < -0.39 is 0 Å². The summed E-state index contributed by atoms with van der Waals surface area (Å²) in [5.74, 6) is 0. The van der Waals surface area contributed by atoms with Gasteiger partial charge in [0.1, 0.15) is 0 Å². The SMILES string of the molecule is C/C(=C\C=C\C(C)(C)COCc1ccccc1)C(C)(C)COCc1ccccc1. The normalized spacial score (nSPS) is 13.2. The van der Waals surface area contributed by atoms with Crippen molar-refractivity contribution in [3.63, 3.8) is 0 Å². The average Bonchev–Trinajstić information content (AvgIpc) is 2.69. The van der Waals surface area contributed by atoms with Crippen molar-refractivity contribution in [2.24, 2.45) is 10.8 Å². The van der Waals surface area contributed by atoms with Crippen LogP contribution in [-0.4, -0.2) is 13.2 Å². The van der Waals surface area contributed by atoms with Crippen LogP contribution in [0.5, 0.6) is 0 Å². The van der Waals surface area contributed by atoms with Crippen LogP contribution in [0.15, 0.2) is 84.5 Å². The second-order valence-corrected chi connectivity index (χ2v) is 9.04. The topological polar surface area (TPSA) is 18.5 Å². The fraction of sp³-hybridized carbons (Fsp3) is 0.407. The molecule has 2 nitrogen and oxygen atoms in total. The highest BCUT2D eigenvalue weighted by atomic mass is 16.5. The molecule has 0 amide bonds. The Bertz CT molecular complexity index is 771. The van der Waals surface area contributed by atoms with E-state index in [9.17, 15) is 0 Å². The third kappa shape index (κ3) is 8.81. The molecule has 0 unspecified atom stereocenters. The van der Waals surface area contributed by atoms with Crippen molar-refractivity contribution in [1.82, 2.24) is 0 Å². The summed E-state index contributed by atoms with van der Waals surface area (Å²) in [5.41, 5.74) is 3.71. The Kier molecular flexibility index (Phi) is 8.88. The number of hydrogen-bond donors (Lipinski definition) is 0. The molecule has 0 aliphatic carbocycles. The predicted octanol–water partition coefficient (Wildman–Crippen LogP) is 6.97. The lowest BCUT2D eigenvalue weighted by atomic mass is 9.85. The van der Waals surface area contributed by atoms with E-state index in [-0.39, 0.29) is 10.8 Å². The molecule has 0 aliphatic heterocycles. The number of benzene rings is 2. The number of hydrogen-bond acceptors (Lipinski definition) is 2. The molecule has 0 N–H and O–H groups in total. The first-order valence-electron chi connectivity index (χ1n) is 10.4. The molecule has 2 aromatic carbocycles. The van der Waals surface area contributed by atoms with Crippen molar-refractivity contribution >= 4 is 0 Å². The molecule has 0 aliphatic rings. The van der Waals surface area contributed by atoms with E-state index in [0.29, 0.717) is 26.4 Å².